The van der Waals surface area contributed by atoms with Crippen LogP contribution in [0.15, 0.2) is 18.5 Å². The smallest absolute Gasteiger partial charge is 0.270 e. The van der Waals surface area contributed by atoms with Crippen LogP contribution in [0.2, 0.25) is 0 Å². The molecule has 2 aromatic rings. The van der Waals surface area contributed by atoms with Gasteiger partial charge in [0.1, 0.15) is 17.3 Å². The molecule has 0 spiro atoms. The molecule has 1 aliphatic rings. The van der Waals surface area contributed by atoms with Crippen molar-refractivity contribution < 1.29 is 4.79 Å². The van der Waals surface area contributed by atoms with E-state index >= 15 is 0 Å². The maximum atomic E-state index is 12.2. The van der Waals surface area contributed by atoms with Crippen LogP contribution in [0.1, 0.15) is 46.9 Å². The number of nitrogens with one attached hydrogen (secondary N) is 2. The molecule has 0 radical (unpaired) electrons. The Kier molecular flexibility index (Phi) is 4.74. The standard InChI is InChI=1S/C18H23N5O/c1-11(2)8-15-22-16-14(5-7-20-18(16)24)17(23-15)21-10-13-4-6-19-9-12(13)3/h4,6,9,11H,5,7-8,10H2,1-3H3,(H,20,24)(H,21,22,23). The highest BCUT2D eigenvalue weighted by Gasteiger charge is 2.23. The van der Waals surface area contributed by atoms with E-state index < -0.39 is 0 Å². The van der Waals surface area contributed by atoms with Crippen LogP contribution in [-0.4, -0.2) is 27.4 Å². The fourth-order valence-electron chi connectivity index (χ4n) is 2.82. The second kappa shape index (κ2) is 6.95. The molecule has 0 saturated heterocycles. The molecule has 2 N–H and O–H groups in total. The minimum absolute atomic E-state index is 0.105. The van der Waals surface area contributed by atoms with E-state index in [0.29, 0.717) is 24.7 Å². The van der Waals surface area contributed by atoms with Gasteiger partial charge >= 0.3 is 0 Å². The van der Waals surface area contributed by atoms with Crippen molar-refractivity contribution in [2.75, 3.05) is 11.9 Å². The first-order chi connectivity index (χ1) is 11.5. The number of amides is 1. The highest BCUT2D eigenvalue weighted by atomic mass is 16.1. The molecule has 0 saturated carbocycles. The van der Waals surface area contributed by atoms with Crippen LogP contribution in [0.5, 0.6) is 0 Å². The van der Waals surface area contributed by atoms with E-state index in [1.165, 1.54) is 5.56 Å². The number of fused-ring (bicyclic) bond motifs is 1. The average Bonchev–Trinajstić information content (AvgIpc) is 2.54. The molecule has 24 heavy (non-hydrogen) atoms. The van der Waals surface area contributed by atoms with Gasteiger partial charge in [0, 0.05) is 37.5 Å². The van der Waals surface area contributed by atoms with E-state index in [9.17, 15) is 4.79 Å². The Morgan fingerprint density at radius 1 is 1.33 bits per heavy atom. The summed E-state index contributed by atoms with van der Waals surface area (Å²) in [6.45, 7) is 7.56. The molecule has 126 valence electrons. The molecule has 0 atom stereocenters. The van der Waals surface area contributed by atoms with Crippen LogP contribution in [0.3, 0.4) is 0 Å². The van der Waals surface area contributed by atoms with Crippen LogP contribution >= 0.6 is 0 Å². The predicted octanol–water partition coefficient (Wildman–Crippen LogP) is 2.28. The van der Waals surface area contributed by atoms with Crippen LogP contribution in [0.4, 0.5) is 5.82 Å². The van der Waals surface area contributed by atoms with Crippen molar-refractivity contribution in [3.05, 3.63) is 46.7 Å². The Morgan fingerprint density at radius 2 is 2.17 bits per heavy atom. The molecule has 0 aromatic carbocycles. The normalized spacial score (nSPS) is 13.6. The Balaban J connectivity index is 1.91. The maximum absolute atomic E-state index is 12.2. The van der Waals surface area contributed by atoms with Crippen molar-refractivity contribution in [3.8, 4) is 0 Å². The fraction of sp³-hybridized carbons (Fsp3) is 0.444. The van der Waals surface area contributed by atoms with Gasteiger partial charge in [0.15, 0.2) is 0 Å². The third-order valence-corrected chi connectivity index (χ3v) is 4.10. The molecule has 3 rings (SSSR count). The highest BCUT2D eigenvalue weighted by Crippen LogP contribution is 2.22. The minimum atomic E-state index is -0.105. The van der Waals surface area contributed by atoms with Gasteiger partial charge in [-0.15, -0.1) is 0 Å². The summed E-state index contributed by atoms with van der Waals surface area (Å²) < 4.78 is 0. The van der Waals surface area contributed by atoms with Crippen molar-refractivity contribution >= 4 is 11.7 Å². The Hall–Kier alpha value is -2.50. The number of rotatable bonds is 5. The van der Waals surface area contributed by atoms with Crippen LogP contribution in [0.25, 0.3) is 0 Å². The van der Waals surface area contributed by atoms with Gasteiger partial charge in [-0.3, -0.25) is 9.78 Å². The zero-order chi connectivity index (χ0) is 17.1. The Labute approximate surface area is 142 Å². The average molecular weight is 325 g/mol. The zero-order valence-electron chi connectivity index (χ0n) is 14.4. The molecule has 0 unspecified atom stereocenters. The van der Waals surface area contributed by atoms with Gasteiger partial charge in [-0.05, 0) is 36.5 Å². The van der Waals surface area contributed by atoms with E-state index in [4.69, 9.17) is 0 Å². The summed E-state index contributed by atoms with van der Waals surface area (Å²) in [6.07, 6.45) is 5.14. The lowest BCUT2D eigenvalue weighted by Gasteiger charge is -2.20. The van der Waals surface area contributed by atoms with Crippen LogP contribution in [-0.2, 0) is 19.4 Å². The van der Waals surface area contributed by atoms with Crippen molar-refractivity contribution in [1.82, 2.24) is 20.3 Å². The summed E-state index contributed by atoms with van der Waals surface area (Å²) in [7, 11) is 0. The number of aromatic nitrogens is 3. The second-order valence-corrected chi connectivity index (χ2v) is 6.58. The predicted molar refractivity (Wildman–Crippen MR) is 92.9 cm³/mol. The first kappa shape index (κ1) is 16.4. The largest absolute Gasteiger partial charge is 0.366 e. The van der Waals surface area contributed by atoms with E-state index in [1.54, 1.807) is 6.20 Å². The Morgan fingerprint density at radius 3 is 2.92 bits per heavy atom. The number of anilines is 1. The number of hydrogen-bond acceptors (Lipinski definition) is 5. The molecule has 2 aromatic heterocycles. The summed E-state index contributed by atoms with van der Waals surface area (Å²) in [5.74, 6) is 1.83. The number of nitrogens with zero attached hydrogens (tertiary/aromatic N) is 3. The molecule has 6 heteroatoms. The van der Waals surface area contributed by atoms with Gasteiger partial charge in [-0.1, -0.05) is 13.8 Å². The Bertz CT molecular complexity index is 757. The highest BCUT2D eigenvalue weighted by molar-refractivity contribution is 5.96. The minimum Gasteiger partial charge on any atom is -0.366 e. The molecule has 1 aliphatic heterocycles. The molecule has 0 aliphatic carbocycles. The summed E-state index contributed by atoms with van der Waals surface area (Å²) in [5.41, 5.74) is 3.73. The summed E-state index contributed by atoms with van der Waals surface area (Å²) in [4.78, 5) is 25.5. The van der Waals surface area contributed by atoms with Gasteiger partial charge in [0.25, 0.3) is 5.91 Å². The van der Waals surface area contributed by atoms with Gasteiger partial charge in [-0.25, -0.2) is 9.97 Å². The lowest BCUT2D eigenvalue weighted by Crippen LogP contribution is -2.34. The van der Waals surface area contributed by atoms with Crippen LogP contribution in [0, 0.1) is 12.8 Å². The number of carbonyl (C=O) groups excluding carboxylic acids is 1. The number of aryl methyl sites for hydroxylation is 1. The van der Waals surface area contributed by atoms with E-state index in [0.717, 1.165) is 35.6 Å². The SMILES string of the molecule is Cc1cnccc1CNc1nc(CC(C)C)nc2c1CCNC2=O. The van der Waals surface area contributed by atoms with Crippen LogP contribution < -0.4 is 10.6 Å². The second-order valence-electron chi connectivity index (χ2n) is 6.58. The van der Waals surface area contributed by atoms with Gasteiger partial charge in [0.2, 0.25) is 0 Å². The van der Waals surface area contributed by atoms with Crippen molar-refractivity contribution in [2.45, 2.75) is 40.2 Å². The van der Waals surface area contributed by atoms with Gasteiger partial charge in [0.05, 0.1) is 0 Å². The first-order valence-corrected chi connectivity index (χ1v) is 8.36. The molecule has 1 amide bonds. The third-order valence-electron chi connectivity index (χ3n) is 4.10. The third kappa shape index (κ3) is 3.53. The van der Waals surface area contributed by atoms with Gasteiger partial charge in [-0.2, -0.15) is 0 Å². The summed E-state index contributed by atoms with van der Waals surface area (Å²) in [5, 5.41) is 6.27. The van der Waals surface area contributed by atoms with Crippen molar-refractivity contribution in [3.63, 3.8) is 0 Å². The van der Waals surface area contributed by atoms with Crippen molar-refractivity contribution in [2.24, 2.45) is 5.92 Å². The topological polar surface area (TPSA) is 79.8 Å². The fourth-order valence-corrected chi connectivity index (χ4v) is 2.82. The molecular weight excluding hydrogens is 302 g/mol. The summed E-state index contributed by atoms with van der Waals surface area (Å²) >= 11 is 0. The number of pyridine rings is 1. The van der Waals surface area contributed by atoms with Gasteiger partial charge < -0.3 is 10.6 Å². The number of carbonyl (C=O) groups is 1. The number of hydrogen-bond donors (Lipinski definition) is 2. The molecular formula is C18H23N5O. The summed E-state index contributed by atoms with van der Waals surface area (Å²) in [6, 6.07) is 2.00. The monoisotopic (exact) mass is 325 g/mol. The maximum Gasteiger partial charge on any atom is 0.270 e. The van der Waals surface area contributed by atoms with Crippen molar-refractivity contribution in [1.29, 1.82) is 0 Å². The molecule has 3 heterocycles. The van der Waals surface area contributed by atoms with E-state index in [-0.39, 0.29) is 5.91 Å². The lowest BCUT2D eigenvalue weighted by atomic mass is 10.0. The molecule has 6 nitrogen and oxygen atoms in total. The van der Waals surface area contributed by atoms with E-state index in [1.807, 2.05) is 19.2 Å². The molecule has 0 bridgehead atoms. The molecule has 0 fully saturated rings. The van der Waals surface area contributed by atoms with E-state index in [2.05, 4.69) is 39.4 Å². The zero-order valence-corrected chi connectivity index (χ0v) is 14.4. The first-order valence-electron chi connectivity index (χ1n) is 8.36. The quantitative estimate of drug-likeness (QED) is 0.881. The lowest BCUT2D eigenvalue weighted by molar-refractivity contribution is 0.0940.